The van der Waals surface area contributed by atoms with Gasteiger partial charge >= 0.3 is 0 Å². The van der Waals surface area contributed by atoms with E-state index in [0.717, 1.165) is 23.6 Å². The van der Waals surface area contributed by atoms with Crippen LogP contribution in [0, 0.1) is 0 Å². The maximum absolute atomic E-state index is 11.1. The topological polar surface area (TPSA) is 89.2 Å². The van der Waals surface area contributed by atoms with Gasteiger partial charge in [0, 0.05) is 33.9 Å². The summed E-state index contributed by atoms with van der Waals surface area (Å²) in [4.78, 5) is 15.6. The third-order valence-electron chi connectivity index (χ3n) is 5.65. The molecule has 0 aliphatic carbocycles. The van der Waals surface area contributed by atoms with Crippen LogP contribution in [0.2, 0.25) is 25.7 Å². The average Bonchev–Trinajstić information content (AvgIpc) is 3.28. The molecule has 1 aliphatic heterocycles. The van der Waals surface area contributed by atoms with Gasteiger partial charge in [-0.25, -0.2) is 4.98 Å². The molecule has 0 radical (unpaired) electrons. The Hall–Kier alpha value is -2.04. The normalized spacial score (nSPS) is 20.9. The molecule has 1 saturated heterocycles. The minimum Gasteiger partial charge on any atom is -0.497 e. The van der Waals surface area contributed by atoms with E-state index in [0.29, 0.717) is 44.1 Å². The minimum atomic E-state index is -1.13. The van der Waals surface area contributed by atoms with Crippen LogP contribution in [-0.2, 0) is 37.0 Å². The first-order valence-electron chi connectivity index (χ1n) is 11.8. The predicted molar refractivity (Wildman–Crippen MR) is 129 cm³/mol. The average molecular weight is 492 g/mol. The highest BCUT2D eigenvalue weighted by Crippen LogP contribution is 2.33. The van der Waals surface area contributed by atoms with Crippen molar-refractivity contribution in [2.75, 3.05) is 20.5 Å². The van der Waals surface area contributed by atoms with Crippen molar-refractivity contribution < 1.29 is 32.9 Å². The van der Waals surface area contributed by atoms with Crippen molar-refractivity contribution in [1.82, 2.24) is 4.98 Å². The van der Waals surface area contributed by atoms with Crippen LogP contribution in [0.5, 0.6) is 5.75 Å². The first kappa shape index (κ1) is 26.6. The summed E-state index contributed by atoms with van der Waals surface area (Å²) in [5.41, 5.74) is 1.72. The highest BCUT2D eigenvalue weighted by Gasteiger charge is 2.32. The number of hydrogen-bond donors (Lipinski definition) is 0. The Labute approximate surface area is 202 Å². The van der Waals surface area contributed by atoms with Crippen molar-refractivity contribution in [3.05, 3.63) is 47.7 Å². The van der Waals surface area contributed by atoms with Crippen LogP contribution in [0.4, 0.5) is 0 Å². The summed E-state index contributed by atoms with van der Waals surface area (Å²) in [5.74, 6) is 1.29. The first-order valence-corrected chi connectivity index (χ1v) is 15.5. The molecule has 1 fully saturated rings. The summed E-state index contributed by atoms with van der Waals surface area (Å²) in [6, 6.07) is 8.81. The fraction of sp³-hybridized carbons (Fsp3) is 0.600. The van der Waals surface area contributed by atoms with Gasteiger partial charge in [0.15, 0.2) is 0 Å². The molecular weight excluding hydrogens is 454 g/mol. The van der Waals surface area contributed by atoms with Crippen LogP contribution in [0.1, 0.15) is 42.5 Å². The van der Waals surface area contributed by atoms with E-state index >= 15 is 0 Å². The second-order valence-corrected chi connectivity index (χ2v) is 15.4. The Kier molecular flexibility index (Phi) is 10.3. The van der Waals surface area contributed by atoms with Crippen LogP contribution in [-0.4, -0.2) is 52.1 Å². The Morgan fingerprint density at radius 3 is 2.62 bits per heavy atom. The molecule has 0 unspecified atom stereocenters. The highest BCUT2D eigenvalue weighted by atomic mass is 28.3. The zero-order valence-corrected chi connectivity index (χ0v) is 21.7. The molecule has 2 aromatic rings. The first-order chi connectivity index (χ1) is 16.4. The molecule has 3 atom stereocenters. The largest absolute Gasteiger partial charge is 0.497 e. The summed E-state index contributed by atoms with van der Waals surface area (Å²) in [6.45, 7) is 8.61. The molecule has 8 nitrogen and oxygen atoms in total. The van der Waals surface area contributed by atoms with E-state index < -0.39 is 8.07 Å². The summed E-state index contributed by atoms with van der Waals surface area (Å²) in [5, 5.41) is 0. The van der Waals surface area contributed by atoms with Crippen LogP contribution >= 0.6 is 0 Å². The number of nitrogens with zero attached hydrogens (tertiary/aromatic N) is 1. The molecule has 0 bridgehead atoms. The van der Waals surface area contributed by atoms with E-state index in [1.54, 1.807) is 13.4 Å². The number of ether oxygens (including phenoxy) is 5. The summed E-state index contributed by atoms with van der Waals surface area (Å²) >= 11 is 0. The van der Waals surface area contributed by atoms with Gasteiger partial charge in [-0.05, 0) is 23.7 Å². The Morgan fingerprint density at radius 2 is 1.91 bits per heavy atom. The molecule has 0 amide bonds. The lowest BCUT2D eigenvalue weighted by molar-refractivity contribution is -0.157. The number of carbonyl (C=O) groups excluding carboxylic acids is 1. The number of aromatic nitrogens is 1. The number of carbonyl (C=O) groups is 1. The van der Waals surface area contributed by atoms with Crippen molar-refractivity contribution >= 4 is 14.4 Å². The van der Waals surface area contributed by atoms with E-state index in [9.17, 15) is 4.79 Å². The van der Waals surface area contributed by atoms with Gasteiger partial charge in [-0.3, -0.25) is 0 Å². The number of hydrogen-bond acceptors (Lipinski definition) is 8. The van der Waals surface area contributed by atoms with Gasteiger partial charge in [-0.1, -0.05) is 31.8 Å². The fourth-order valence-electron chi connectivity index (χ4n) is 3.66. The van der Waals surface area contributed by atoms with E-state index in [-0.39, 0.29) is 31.7 Å². The Morgan fingerprint density at radius 1 is 1.12 bits per heavy atom. The molecule has 0 saturated carbocycles. The number of aldehydes is 1. The maximum Gasteiger partial charge on any atom is 0.220 e. The van der Waals surface area contributed by atoms with E-state index in [4.69, 9.17) is 28.1 Å². The number of benzene rings is 1. The summed E-state index contributed by atoms with van der Waals surface area (Å²) in [6.07, 6.45) is 3.51. The van der Waals surface area contributed by atoms with Gasteiger partial charge < -0.3 is 32.9 Å². The molecule has 0 N–H and O–H groups in total. The molecular formula is C25H37NO7Si. The molecule has 1 aliphatic rings. The second kappa shape index (κ2) is 13.2. The standard InChI is InChI=1S/C25H37NO7Si/c1-28-20-7-5-19(6-8-20)15-30-17-25-26-23(16-31-25)24-14-22(13-21(33-24)9-10-27)32-18-29-11-12-34(2,3)4/h5-8,10,16,21-22,24H,9,11-15,17-18H2,1-4H3/t21-,22-,24-/m1/s1. The van der Waals surface area contributed by atoms with Gasteiger partial charge in [-0.15, -0.1) is 0 Å². The monoisotopic (exact) mass is 491 g/mol. The van der Waals surface area contributed by atoms with Crippen LogP contribution < -0.4 is 4.74 Å². The summed E-state index contributed by atoms with van der Waals surface area (Å²) in [7, 11) is 0.511. The quantitative estimate of drug-likeness (QED) is 0.159. The van der Waals surface area contributed by atoms with Gasteiger partial charge in [0.2, 0.25) is 5.89 Å². The van der Waals surface area contributed by atoms with Gasteiger partial charge in [0.25, 0.3) is 0 Å². The highest BCUT2D eigenvalue weighted by molar-refractivity contribution is 6.76. The predicted octanol–water partition coefficient (Wildman–Crippen LogP) is 4.91. The van der Waals surface area contributed by atoms with Gasteiger partial charge in [0.05, 0.1) is 25.9 Å². The maximum atomic E-state index is 11.1. The van der Waals surface area contributed by atoms with Crippen molar-refractivity contribution in [3.8, 4) is 5.75 Å². The second-order valence-electron chi connectivity index (χ2n) is 9.75. The molecule has 2 heterocycles. The lowest BCUT2D eigenvalue weighted by Gasteiger charge is -2.33. The Balaban J connectivity index is 1.48. The fourth-order valence-corrected chi connectivity index (χ4v) is 4.41. The Bertz CT molecular complexity index is 865. The van der Waals surface area contributed by atoms with E-state index in [1.807, 2.05) is 24.3 Å². The summed E-state index contributed by atoms with van der Waals surface area (Å²) < 4.78 is 34.3. The minimum absolute atomic E-state index is 0.0675. The van der Waals surface area contributed by atoms with Gasteiger partial charge in [0.1, 0.15) is 43.5 Å². The molecule has 9 heteroatoms. The lowest BCUT2D eigenvalue weighted by atomic mass is 9.98. The van der Waals surface area contributed by atoms with Crippen LogP contribution in [0.3, 0.4) is 0 Å². The number of methoxy groups -OCH3 is 1. The third kappa shape index (κ3) is 8.96. The molecule has 0 spiro atoms. The lowest BCUT2D eigenvalue weighted by Crippen LogP contribution is -2.34. The van der Waals surface area contributed by atoms with Crippen molar-refractivity contribution in [1.29, 1.82) is 0 Å². The SMILES string of the molecule is COc1ccc(COCc2nc([C@H]3C[C@H](OCOCC[Si](C)(C)C)C[C@@H](CC=O)O3)co2)cc1. The molecule has 1 aromatic carbocycles. The van der Waals surface area contributed by atoms with Crippen molar-refractivity contribution in [2.24, 2.45) is 0 Å². The van der Waals surface area contributed by atoms with Crippen molar-refractivity contribution in [2.45, 2.75) is 76.5 Å². The zero-order valence-electron chi connectivity index (χ0n) is 20.7. The molecule has 3 rings (SSSR count). The smallest absolute Gasteiger partial charge is 0.220 e. The van der Waals surface area contributed by atoms with Gasteiger partial charge in [-0.2, -0.15) is 0 Å². The van der Waals surface area contributed by atoms with Crippen LogP contribution in [0.15, 0.2) is 34.9 Å². The van der Waals surface area contributed by atoms with E-state index in [1.165, 1.54) is 0 Å². The van der Waals surface area contributed by atoms with Crippen molar-refractivity contribution in [3.63, 3.8) is 0 Å². The number of oxazole rings is 1. The van der Waals surface area contributed by atoms with E-state index in [2.05, 4.69) is 24.6 Å². The number of rotatable bonds is 14. The molecule has 1 aromatic heterocycles. The zero-order chi connectivity index (χ0) is 24.4. The molecule has 34 heavy (non-hydrogen) atoms. The third-order valence-corrected chi connectivity index (χ3v) is 7.36. The molecule has 188 valence electrons. The van der Waals surface area contributed by atoms with Crippen LogP contribution in [0.25, 0.3) is 0 Å².